The molecule has 0 aliphatic rings. The van der Waals surface area contributed by atoms with Gasteiger partial charge in [-0.3, -0.25) is 9.71 Å². The van der Waals surface area contributed by atoms with Crippen LogP contribution in [0.3, 0.4) is 0 Å². The molecule has 120 valence electrons. The molecule has 0 radical (unpaired) electrons. The summed E-state index contributed by atoms with van der Waals surface area (Å²) in [5.41, 5.74) is 0.650. The van der Waals surface area contributed by atoms with E-state index in [0.717, 1.165) is 4.47 Å². The predicted molar refractivity (Wildman–Crippen MR) is 94.5 cm³/mol. The summed E-state index contributed by atoms with van der Waals surface area (Å²) in [6.45, 7) is 0. The highest BCUT2D eigenvalue weighted by Gasteiger charge is 2.25. The van der Waals surface area contributed by atoms with Crippen LogP contribution >= 0.6 is 43.5 Å². The second-order valence-corrected chi connectivity index (χ2v) is 8.27. The van der Waals surface area contributed by atoms with Crippen LogP contribution in [0.15, 0.2) is 53.4 Å². The lowest BCUT2D eigenvalue weighted by Gasteiger charge is -2.11. The minimum absolute atomic E-state index is 0.0175. The zero-order valence-electron chi connectivity index (χ0n) is 11.1. The molecule has 0 amide bonds. The van der Waals surface area contributed by atoms with E-state index in [1.54, 1.807) is 24.3 Å². The van der Waals surface area contributed by atoms with Crippen molar-refractivity contribution >= 4 is 70.3 Å². The molecule has 1 aromatic heterocycles. The molecular formula is C13H7Br2ClN2O4S. The van der Waals surface area contributed by atoms with Gasteiger partial charge >= 0.3 is 5.76 Å². The topological polar surface area (TPSA) is 92.2 Å². The van der Waals surface area contributed by atoms with E-state index in [1.807, 2.05) is 0 Å². The lowest BCUT2D eigenvalue weighted by atomic mass is 10.3. The standard InChI is InChI=1S/C13H7Br2ClN2O4S/c14-6-1-3-7(4-2-6)18-23(20,21)12-8(15)5-9-11(10(12)16)22-13(19)17-9/h1-5,18H,(H,17,19). The van der Waals surface area contributed by atoms with E-state index < -0.39 is 15.8 Å². The van der Waals surface area contributed by atoms with E-state index in [1.165, 1.54) is 6.07 Å². The largest absolute Gasteiger partial charge is 0.417 e. The van der Waals surface area contributed by atoms with Gasteiger partial charge in [-0.05, 0) is 46.3 Å². The number of H-pyrrole nitrogens is 1. The molecule has 0 spiro atoms. The molecule has 3 aromatic rings. The van der Waals surface area contributed by atoms with Crippen LogP contribution in [0.1, 0.15) is 0 Å². The van der Waals surface area contributed by atoms with Crippen molar-refractivity contribution < 1.29 is 12.8 Å². The fraction of sp³-hybridized carbons (Fsp3) is 0. The van der Waals surface area contributed by atoms with Gasteiger partial charge in [-0.25, -0.2) is 13.2 Å². The fourth-order valence-electron chi connectivity index (χ4n) is 1.98. The summed E-state index contributed by atoms with van der Waals surface area (Å²) in [5.74, 6) is -0.718. The Morgan fingerprint density at radius 3 is 2.48 bits per heavy atom. The second kappa shape index (κ2) is 5.97. The zero-order valence-corrected chi connectivity index (χ0v) is 15.8. The summed E-state index contributed by atoms with van der Waals surface area (Å²) >= 11 is 12.6. The monoisotopic (exact) mass is 480 g/mol. The molecule has 0 atom stereocenters. The number of rotatable bonds is 3. The Bertz CT molecular complexity index is 1060. The van der Waals surface area contributed by atoms with Gasteiger partial charge in [0, 0.05) is 14.6 Å². The van der Waals surface area contributed by atoms with Crippen molar-refractivity contribution in [3.8, 4) is 0 Å². The minimum Gasteiger partial charge on any atom is -0.406 e. The van der Waals surface area contributed by atoms with Crippen molar-refractivity contribution in [3.63, 3.8) is 0 Å². The lowest BCUT2D eigenvalue weighted by molar-refractivity contribution is 0.554. The Morgan fingerprint density at radius 2 is 1.83 bits per heavy atom. The predicted octanol–water partition coefficient (Wildman–Crippen LogP) is 4.10. The van der Waals surface area contributed by atoms with Gasteiger partial charge < -0.3 is 4.42 Å². The third-order valence-electron chi connectivity index (χ3n) is 2.93. The first-order valence-electron chi connectivity index (χ1n) is 6.07. The number of sulfonamides is 1. The molecule has 0 fully saturated rings. The average Bonchev–Trinajstić information content (AvgIpc) is 2.81. The van der Waals surface area contributed by atoms with Crippen molar-refractivity contribution in [2.45, 2.75) is 4.90 Å². The number of aromatic amines is 1. The summed E-state index contributed by atoms with van der Waals surface area (Å²) < 4.78 is 33.6. The van der Waals surface area contributed by atoms with Crippen LogP contribution in [0.4, 0.5) is 5.69 Å². The van der Waals surface area contributed by atoms with Crippen molar-refractivity contribution in [2.24, 2.45) is 0 Å². The first-order chi connectivity index (χ1) is 10.8. The Labute approximate surface area is 152 Å². The molecule has 3 rings (SSSR count). The van der Waals surface area contributed by atoms with Gasteiger partial charge in [0.2, 0.25) is 0 Å². The fourth-order valence-corrected chi connectivity index (χ4v) is 5.16. The lowest BCUT2D eigenvalue weighted by Crippen LogP contribution is -2.14. The summed E-state index contributed by atoms with van der Waals surface area (Å²) in [6, 6.07) is 8.00. The van der Waals surface area contributed by atoms with E-state index in [4.69, 9.17) is 16.0 Å². The maximum Gasteiger partial charge on any atom is 0.417 e. The first-order valence-corrected chi connectivity index (χ1v) is 9.52. The molecule has 23 heavy (non-hydrogen) atoms. The highest BCUT2D eigenvalue weighted by Crippen LogP contribution is 2.36. The zero-order chi connectivity index (χ0) is 16.8. The number of benzene rings is 2. The molecule has 0 saturated heterocycles. The van der Waals surface area contributed by atoms with E-state index in [9.17, 15) is 13.2 Å². The maximum atomic E-state index is 12.6. The van der Waals surface area contributed by atoms with Crippen LogP contribution in [0.5, 0.6) is 0 Å². The van der Waals surface area contributed by atoms with Gasteiger partial charge in [-0.2, -0.15) is 0 Å². The van der Waals surface area contributed by atoms with Gasteiger partial charge in [0.15, 0.2) is 5.58 Å². The van der Waals surface area contributed by atoms with Gasteiger partial charge in [-0.15, -0.1) is 0 Å². The normalized spacial score (nSPS) is 11.8. The molecule has 1 heterocycles. The number of nitrogens with one attached hydrogen (secondary N) is 2. The van der Waals surface area contributed by atoms with Gasteiger partial charge in [0.1, 0.15) is 9.92 Å². The second-order valence-electron chi connectivity index (χ2n) is 4.51. The summed E-state index contributed by atoms with van der Waals surface area (Å²) in [5, 5.41) is -0.183. The van der Waals surface area contributed by atoms with E-state index in [0.29, 0.717) is 11.2 Å². The quantitative estimate of drug-likeness (QED) is 0.588. The summed E-state index contributed by atoms with van der Waals surface area (Å²) in [7, 11) is -3.99. The SMILES string of the molecule is O=c1[nH]c2cc(Br)c(S(=O)(=O)Nc3ccc(Br)cc3)c(Cl)c2o1. The molecule has 0 aliphatic heterocycles. The van der Waals surface area contributed by atoms with Crippen LogP contribution in [-0.2, 0) is 10.0 Å². The molecule has 0 aliphatic carbocycles. The molecule has 6 nitrogen and oxygen atoms in total. The summed E-state index contributed by atoms with van der Waals surface area (Å²) in [6.07, 6.45) is 0. The molecule has 0 saturated carbocycles. The molecular weight excluding hydrogens is 475 g/mol. The highest BCUT2D eigenvalue weighted by molar-refractivity contribution is 9.10. The van der Waals surface area contributed by atoms with Gasteiger partial charge in [0.05, 0.1) is 5.52 Å². The summed E-state index contributed by atoms with van der Waals surface area (Å²) in [4.78, 5) is 13.5. The number of anilines is 1. The van der Waals surface area contributed by atoms with E-state index >= 15 is 0 Å². The van der Waals surface area contributed by atoms with E-state index in [2.05, 4.69) is 41.6 Å². The highest BCUT2D eigenvalue weighted by atomic mass is 79.9. The van der Waals surface area contributed by atoms with Crippen molar-refractivity contribution in [3.05, 3.63) is 54.9 Å². The molecule has 2 aromatic carbocycles. The number of fused-ring (bicyclic) bond motifs is 1. The average molecular weight is 483 g/mol. The van der Waals surface area contributed by atoms with Crippen molar-refractivity contribution in [1.29, 1.82) is 0 Å². The van der Waals surface area contributed by atoms with E-state index in [-0.39, 0.29) is 20.0 Å². The van der Waals surface area contributed by atoms with Gasteiger partial charge in [0.25, 0.3) is 10.0 Å². The van der Waals surface area contributed by atoms with Crippen LogP contribution in [0.25, 0.3) is 11.1 Å². The van der Waals surface area contributed by atoms with Gasteiger partial charge in [-0.1, -0.05) is 27.5 Å². The third-order valence-corrected chi connectivity index (χ3v) is 6.28. The maximum absolute atomic E-state index is 12.6. The number of hydrogen-bond acceptors (Lipinski definition) is 4. The Morgan fingerprint density at radius 1 is 1.17 bits per heavy atom. The molecule has 10 heteroatoms. The third kappa shape index (κ3) is 3.18. The molecule has 0 unspecified atom stereocenters. The minimum atomic E-state index is -3.99. The number of hydrogen-bond donors (Lipinski definition) is 2. The number of halogens is 3. The number of oxazole rings is 1. The Hall–Kier alpha value is -1.29. The van der Waals surface area contributed by atoms with Crippen molar-refractivity contribution in [2.75, 3.05) is 4.72 Å². The van der Waals surface area contributed by atoms with Crippen molar-refractivity contribution in [1.82, 2.24) is 4.98 Å². The Balaban J connectivity index is 2.14. The first kappa shape index (κ1) is 16.6. The number of aromatic nitrogens is 1. The Kier molecular flexibility index (Phi) is 4.30. The van der Waals surface area contributed by atoms with Crippen LogP contribution in [-0.4, -0.2) is 13.4 Å². The van der Waals surface area contributed by atoms with Crippen LogP contribution < -0.4 is 10.5 Å². The smallest absolute Gasteiger partial charge is 0.406 e. The van der Waals surface area contributed by atoms with Crippen LogP contribution in [0, 0.1) is 0 Å². The molecule has 2 N–H and O–H groups in total. The molecule has 0 bridgehead atoms. The van der Waals surface area contributed by atoms with Crippen LogP contribution in [0.2, 0.25) is 5.02 Å².